The molecular formula is C21H22N4O3S2. The number of piperazine rings is 1. The van der Waals surface area contributed by atoms with Gasteiger partial charge in [-0.05, 0) is 30.7 Å². The lowest BCUT2D eigenvalue weighted by Gasteiger charge is -2.35. The van der Waals surface area contributed by atoms with E-state index in [2.05, 4.69) is 19.8 Å². The third-order valence-electron chi connectivity index (χ3n) is 4.87. The molecule has 1 fully saturated rings. The first-order chi connectivity index (χ1) is 14.6. The minimum atomic E-state index is -0.350. The average molecular weight is 443 g/mol. The lowest BCUT2D eigenvalue weighted by molar-refractivity contribution is 0.343. The van der Waals surface area contributed by atoms with E-state index < -0.39 is 0 Å². The molecular weight excluding hydrogens is 420 g/mol. The number of fused-ring (bicyclic) bond motifs is 1. The second-order valence-corrected chi connectivity index (χ2v) is 8.62. The van der Waals surface area contributed by atoms with Crippen LogP contribution in [-0.2, 0) is 0 Å². The number of aryl methyl sites for hydroxylation is 1. The van der Waals surface area contributed by atoms with E-state index in [0.29, 0.717) is 17.9 Å². The van der Waals surface area contributed by atoms with Crippen molar-refractivity contribution < 1.29 is 9.15 Å². The molecule has 0 radical (unpaired) electrons. The monoisotopic (exact) mass is 442 g/mol. The summed E-state index contributed by atoms with van der Waals surface area (Å²) in [5.74, 6) is 2.20. The van der Waals surface area contributed by atoms with Crippen molar-refractivity contribution in [2.45, 2.75) is 6.92 Å². The standard InChI is InChI=1S/C21H22N4O3S2/c1-15-13-19(26)28-18-14-16(3-4-17(15)18)27-11-12-30-21(29)25-9-7-24(8-10-25)20-22-5-2-6-23-20/h2-6,13-14H,7-12H2,1H3. The zero-order chi connectivity index (χ0) is 20.9. The summed E-state index contributed by atoms with van der Waals surface area (Å²) in [5.41, 5.74) is 1.09. The topological polar surface area (TPSA) is 71.7 Å². The molecule has 0 spiro atoms. The van der Waals surface area contributed by atoms with E-state index in [9.17, 15) is 4.79 Å². The number of hydrogen-bond acceptors (Lipinski definition) is 8. The first kappa shape index (κ1) is 20.6. The van der Waals surface area contributed by atoms with Gasteiger partial charge in [0.25, 0.3) is 0 Å². The summed E-state index contributed by atoms with van der Waals surface area (Å²) in [5, 5.41) is 0.914. The normalized spacial score (nSPS) is 14.2. The number of thiocarbonyl (C=S) groups is 1. The van der Waals surface area contributed by atoms with E-state index in [1.807, 2.05) is 25.1 Å². The summed E-state index contributed by atoms with van der Waals surface area (Å²) in [6.07, 6.45) is 3.53. The van der Waals surface area contributed by atoms with Crippen molar-refractivity contribution in [3.05, 3.63) is 58.7 Å². The van der Waals surface area contributed by atoms with Gasteiger partial charge in [-0.2, -0.15) is 0 Å². The van der Waals surface area contributed by atoms with Gasteiger partial charge in [0, 0.05) is 61.8 Å². The maximum Gasteiger partial charge on any atom is 0.336 e. The predicted octanol–water partition coefficient (Wildman–Crippen LogP) is 3.11. The molecule has 1 saturated heterocycles. The lowest BCUT2D eigenvalue weighted by atomic mass is 10.1. The number of ether oxygens (including phenoxy) is 1. The van der Waals surface area contributed by atoms with Gasteiger partial charge in [0.2, 0.25) is 5.95 Å². The van der Waals surface area contributed by atoms with E-state index >= 15 is 0 Å². The second kappa shape index (κ2) is 9.44. The molecule has 0 amide bonds. The van der Waals surface area contributed by atoms with Crippen LogP contribution in [0.15, 0.2) is 51.9 Å². The highest BCUT2D eigenvalue weighted by Crippen LogP contribution is 2.22. The zero-order valence-corrected chi connectivity index (χ0v) is 18.2. The van der Waals surface area contributed by atoms with Gasteiger partial charge in [0.15, 0.2) is 0 Å². The quantitative estimate of drug-likeness (QED) is 0.337. The molecule has 1 aliphatic rings. The van der Waals surface area contributed by atoms with Crippen LogP contribution in [0.4, 0.5) is 5.95 Å². The second-order valence-electron chi connectivity index (χ2n) is 6.89. The summed E-state index contributed by atoms with van der Waals surface area (Å²) in [4.78, 5) is 24.6. The maximum atomic E-state index is 11.6. The SMILES string of the molecule is Cc1cc(=O)oc2cc(OCCSC(=S)N3CCN(c4ncccn4)CC3)ccc12. The van der Waals surface area contributed by atoms with Crippen molar-refractivity contribution >= 4 is 45.2 Å². The highest BCUT2D eigenvalue weighted by atomic mass is 32.2. The Morgan fingerprint density at radius 2 is 1.97 bits per heavy atom. The Hall–Kier alpha value is -2.65. The average Bonchev–Trinajstić information content (AvgIpc) is 2.77. The van der Waals surface area contributed by atoms with Gasteiger partial charge in [-0.15, -0.1) is 0 Å². The third kappa shape index (κ3) is 4.91. The number of benzene rings is 1. The molecule has 4 rings (SSSR count). The third-order valence-corrected chi connectivity index (χ3v) is 6.36. The fraction of sp³-hybridized carbons (Fsp3) is 0.333. The van der Waals surface area contributed by atoms with Crippen LogP contribution in [0.1, 0.15) is 5.56 Å². The van der Waals surface area contributed by atoms with Crippen molar-refractivity contribution in [2.75, 3.05) is 43.4 Å². The van der Waals surface area contributed by atoms with E-state index in [1.165, 1.54) is 6.07 Å². The molecule has 0 N–H and O–H groups in total. The molecule has 0 saturated carbocycles. The van der Waals surface area contributed by atoms with Crippen molar-refractivity contribution in [3.63, 3.8) is 0 Å². The highest BCUT2D eigenvalue weighted by molar-refractivity contribution is 8.22. The van der Waals surface area contributed by atoms with Gasteiger partial charge in [0.05, 0.1) is 6.61 Å². The largest absolute Gasteiger partial charge is 0.493 e. The number of aromatic nitrogens is 2. The minimum absolute atomic E-state index is 0.350. The summed E-state index contributed by atoms with van der Waals surface area (Å²) in [6.45, 7) is 5.82. The number of nitrogens with zero attached hydrogens (tertiary/aromatic N) is 4. The molecule has 1 aliphatic heterocycles. The molecule has 1 aromatic carbocycles. The van der Waals surface area contributed by atoms with Gasteiger partial charge >= 0.3 is 5.63 Å². The van der Waals surface area contributed by atoms with Crippen LogP contribution in [0.5, 0.6) is 5.75 Å². The van der Waals surface area contributed by atoms with Crippen molar-refractivity contribution in [1.82, 2.24) is 14.9 Å². The molecule has 3 aromatic rings. The Morgan fingerprint density at radius 1 is 1.20 bits per heavy atom. The summed E-state index contributed by atoms with van der Waals surface area (Å²) < 4.78 is 12.0. The summed E-state index contributed by atoms with van der Waals surface area (Å²) in [7, 11) is 0. The van der Waals surface area contributed by atoms with Crippen LogP contribution in [0, 0.1) is 6.92 Å². The van der Waals surface area contributed by atoms with E-state index in [1.54, 1.807) is 30.2 Å². The molecule has 0 bridgehead atoms. The smallest absolute Gasteiger partial charge is 0.336 e. The van der Waals surface area contributed by atoms with E-state index in [0.717, 1.165) is 53.2 Å². The fourth-order valence-corrected chi connectivity index (χ4v) is 4.46. The fourth-order valence-electron chi connectivity index (χ4n) is 3.32. The van der Waals surface area contributed by atoms with Crippen LogP contribution >= 0.6 is 24.0 Å². The number of thioether (sulfide) groups is 1. The molecule has 0 unspecified atom stereocenters. The van der Waals surface area contributed by atoms with Gasteiger partial charge in [0.1, 0.15) is 15.7 Å². The van der Waals surface area contributed by atoms with Crippen LogP contribution in [0.2, 0.25) is 0 Å². The van der Waals surface area contributed by atoms with Gasteiger partial charge in [-0.3, -0.25) is 0 Å². The van der Waals surface area contributed by atoms with Crippen molar-refractivity contribution in [3.8, 4) is 5.75 Å². The molecule has 30 heavy (non-hydrogen) atoms. The van der Waals surface area contributed by atoms with Crippen molar-refractivity contribution in [1.29, 1.82) is 0 Å². The molecule has 0 aliphatic carbocycles. The lowest BCUT2D eigenvalue weighted by Crippen LogP contribution is -2.48. The molecule has 9 heteroatoms. The van der Waals surface area contributed by atoms with Crippen molar-refractivity contribution in [2.24, 2.45) is 0 Å². The number of anilines is 1. The van der Waals surface area contributed by atoms with E-state index in [4.69, 9.17) is 21.4 Å². The minimum Gasteiger partial charge on any atom is -0.493 e. The summed E-state index contributed by atoms with van der Waals surface area (Å²) in [6, 6.07) is 8.88. The Labute approximate surface area is 184 Å². The van der Waals surface area contributed by atoms with Crippen LogP contribution < -0.4 is 15.3 Å². The Morgan fingerprint density at radius 3 is 2.73 bits per heavy atom. The first-order valence-electron chi connectivity index (χ1n) is 9.71. The number of hydrogen-bond donors (Lipinski definition) is 0. The van der Waals surface area contributed by atoms with Gasteiger partial charge < -0.3 is 19.0 Å². The predicted molar refractivity (Wildman–Crippen MR) is 124 cm³/mol. The first-order valence-corrected chi connectivity index (χ1v) is 11.1. The molecule has 2 aromatic heterocycles. The molecule has 7 nitrogen and oxygen atoms in total. The van der Waals surface area contributed by atoms with Crippen LogP contribution in [0.3, 0.4) is 0 Å². The van der Waals surface area contributed by atoms with Crippen LogP contribution in [-0.4, -0.2) is 57.7 Å². The van der Waals surface area contributed by atoms with Gasteiger partial charge in [-0.1, -0.05) is 24.0 Å². The Bertz CT molecular complexity index is 1080. The Kier molecular flexibility index (Phi) is 6.49. The zero-order valence-electron chi connectivity index (χ0n) is 16.6. The Balaban J connectivity index is 1.23. The van der Waals surface area contributed by atoms with Gasteiger partial charge in [-0.25, -0.2) is 14.8 Å². The highest BCUT2D eigenvalue weighted by Gasteiger charge is 2.20. The van der Waals surface area contributed by atoms with E-state index in [-0.39, 0.29) is 5.63 Å². The molecule has 0 atom stereocenters. The maximum absolute atomic E-state index is 11.6. The molecule has 3 heterocycles. The van der Waals surface area contributed by atoms with Crippen LogP contribution in [0.25, 0.3) is 11.0 Å². The molecule has 156 valence electrons. The number of rotatable bonds is 5. The summed E-state index contributed by atoms with van der Waals surface area (Å²) >= 11 is 7.20.